The van der Waals surface area contributed by atoms with E-state index in [4.69, 9.17) is 12.2 Å². The Labute approximate surface area is 149 Å². The van der Waals surface area contributed by atoms with Crippen molar-refractivity contribution in [2.24, 2.45) is 0 Å². The third kappa shape index (κ3) is 5.09. The summed E-state index contributed by atoms with van der Waals surface area (Å²) in [6.45, 7) is 1.09. The molecule has 0 saturated heterocycles. The van der Waals surface area contributed by atoms with Crippen LogP contribution in [0.4, 0.5) is 8.78 Å². The Morgan fingerprint density at radius 2 is 1.88 bits per heavy atom. The van der Waals surface area contributed by atoms with Gasteiger partial charge in [0.25, 0.3) is 0 Å². The molecule has 1 aromatic carbocycles. The molecule has 2 rings (SSSR count). The van der Waals surface area contributed by atoms with E-state index in [0.29, 0.717) is 12.1 Å². The average molecular weight is 362 g/mol. The summed E-state index contributed by atoms with van der Waals surface area (Å²) < 4.78 is 30.3. The second-order valence-electron chi connectivity index (χ2n) is 4.86. The average Bonchev–Trinajstić information content (AvgIpc) is 2.61. The van der Waals surface area contributed by atoms with Gasteiger partial charge in [0.1, 0.15) is 5.75 Å². The zero-order chi connectivity index (χ0) is 18.2. The predicted octanol–water partition coefficient (Wildman–Crippen LogP) is 2.36. The summed E-state index contributed by atoms with van der Waals surface area (Å²) in [6, 6.07) is 10.8. The Morgan fingerprint density at radius 3 is 2.44 bits per heavy atom. The Hall–Kier alpha value is -2.80. The molecule has 7 heteroatoms. The molecule has 1 N–H and O–H groups in total. The lowest BCUT2D eigenvalue weighted by molar-refractivity contribution is -0.577. The van der Waals surface area contributed by atoms with Gasteiger partial charge in [0.05, 0.1) is 0 Å². The van der Waals surface area contributed by atoms with Gasteiger partial charge in [-0.1, -0.05) is 36.5 Å². The fourth-order valence-electron chi connectivity index (χ4n) is 2.06. The van der Waals surface area contributed by atoms with Crippen molar-refractivity contribution in [2.75, 3.05) is 6.54 Å². The highest BCUT2D eigenvalue weighted by Gasteiger charge is 2.17. The first-order chi connectivity index (χ1) is 12.0. The molecule has 0 atom stereocenters. The van der Waals surface area contributed by atoms with Gasteiger partial charge in [-0.15, -0.1) is 6.58 Å². The lowest BCUT2D eigenvalue weighted by atomic mass is 10.1. The molecule has 2 aromatic rings. The maximum Gasteiger partial charge on any atom is 0.387 e. The van der Waals surface area contributed by atoms with E-state index >= 15 is 0 Å². The van der Waals surface area contributed by atoms with Crippen LogP contribution in [0.25, 0.3) is 11.5 Å². The summed E-state index contributed by atoms with van der Waals surface area (Å²) in [5, 5.41) is 15.8. The molecule has 0 bridgehead atoms. The van der Waals surface area contributed by atoms with Crippen molar-refractivity contribution in [1.82, 2.24) is 5.32 Å². The summed E-state index contributed by atoms with van der Waals surface area (Å²) in [4.78, 5) is 0.258. The lowest BCUT2D eigenvalue weighted by Crippen LogP contribution is -2.42. The van der Waals surface area contributed by atoms with Gasteiger partial charge in [0.15, 0.2) is 17.4 Å². The summed E-state index contributed by atoms with van der Waals surface area (Å²) in [7, 11) is 0. The Morgan fingerprint density at radius 1 is 1.24 bits per heavy atom. The maximum absolute atomic E-state index is 12.9. The van der Waals surface area contributed by atoms with Gasteiger partial charge in [0.2, 0.25) is 5.70 Å². The largest absolute Gasteiger partial charge is 0.867 e. The molecule has 1 heterocycles. The van der Waals surface area contributed by atoms with Crippen molar-refractivity contribution in [3.05, 3.63) is 73.1 Å². The standard InChI is InChI=1S/C18H16F2N2O2S/c1-2-10-21-17(25)15(22-11-4-3-5-12-22)16(23)13-6-8-14(9-7-13)24-18(19)20/h2-9,11-12,18H,1,10H2,(H-,21,23,25). The maximum atomic E-state index is 12.9. The minimum Gasteiger partial charge on any atom is -0.867 e. The number of nitrogens with one attached hydrogen (secondary N) is 1. The van der Waals surface area contributed by atoms with Crippen molar-refractivity contribution in [3.8, 4) is 5.75 Å². The first-order valence-corrected chi connectivity index (χ1v) is 7.76. The fraction of sp³-hybridized carbons (Fsp3) is 0.111. The highest BCUT2D eigenvalue weighted by molar-refractivity contribution is 7.81. The number of ether oxygens (including phenoxy) is 1. The fourth-order valence-corrected chi connectivity index (χ4v) is 2.34. The Balaban J connectivity index is 2.42. The second-order valence-corrected chi connectivity index (χ2v) is 5.27. The molecule has 0 radical (unpaired) electrons. The number of benzene rings is 1. The van der Waals surface area contributed by atoms with Crippen LogP contribution < -0.4 is 19.7 Å². The zero-order valence-electron chi connectivity index (χ0n) is 13.2. The molecular weight excluding hydrogens is 346 g/mol. The number of aromatic nitrogens is 1. The van der Waals surface area contributed by atoms with Gasteiger partial charge in [-0.3, -0.25) is 0 Å². The molecule has 0 spiro atoms. The quantitative estimate of drug-likeness (QED) is 0.270. The molecule has 1 aromatic heterocycles. The summed E-state index contributed by atoms with van der Waals surface area (Å²) >= 11 is 5.32. The van der Waals surface area contributed by atoms with E-state index in [2.05, 4.69) is 16.6 Å². The molecule has 0 fully saturated rings. The minimum absolute atomic E-state index is 0.0205. The highest BCUT2D eigenvalue weighted by atomic mass is 32.1. The molecule has 0 amide bonds. The SMILES string of the molecule is C=CCNC(=S)/C(=C(/[O-])c1ccc(OC(F)F)cc1)[n+]1ccccc1. The molecule has 25 heavy (non-hydrogen) atoms. The minimum atomic E-state index is -2.92. The van der Waals surface area contributed by atoms with E-state index in [1.54, 1.807) is 35.2 Å². The topological polar surface area (TPSA) is 48.2 Å². The highest BCUT2D eigenvalue weighted by Crippen LogP contribution is 2.20. The molecule has 0 aliphatic rings. The van der Waals surface area contributed by atoms with Crippen molar-refractivity contribution in [1.29, 1.82) is 0 Å². The number of alkyl halides is 2. The molecule has 4 nitrogen and oxygen atoms in total. The van der Waals surface area contributed by atoms with Gasteiger partial charge >= 0.3 is 6.61 Å². The van der Waals surface area contributed by atoms with Crippen molar-refractivity contribution >= 4 is 28.7 Å². The van der Waals surface area contributed by atoms with E-state index in [-0.39, 0.29) is 22.2 Å². The van der Waals surface area contributed by atoms with Crippen molar-refractivity contribution in [3.63, 3.8) is 0 Å². The van der Waals surface area contributed by atoms with E-state index in [1.165, 1.54) is 24.3 Å². The van der Waals surface area contributed by atoms with E-state index in [9.17, 15) is 13.9 Å². The van der Waals surface area contributed by atoms with Crippen LogP contribution in [0.15, 0.2) is 67.5 Å². The summed E-state index contributed by atoms with van der Waals surface area (Å²) in [5.74, 6) is -0.366. The van der Waals surface area contributed by atoms with Gasteiger partial charge in [0, 0.05) is 18.7 Å². The smallest absolute Gasteiger partial charge is 0.387 e. The monoisotopic (exact) mass is 362 g/mol. The third-order valence-electron chi connectivity index (χ3n) is 3.15. The van der Waals surface area contributed by atoms with Crippen LogP contribution in [0, 0.1) is 0 Å². The van der Waals surface area contributed by atoms with Gasteiger partial charge in [-0.25, -0.2) is 0 Å². The van der Waals surface area contributed by atoms with Gasteiger partial charge in [-0.2, -0.15) is 13.3 Å². The number of nitrogens with zero attached hydrogens (tertiary/aromatic N) is 1. The van der Waals surface area contributed by atoms with Crippen LogP contribution in [0.5, 0.6) is 5.75 Å². The van der Waals surface area contributed by atoms with Crippen molar-refractivity contribution in [2.45, 2.75) is 6.61 Å². The predicted molar refractivity (Wildman–Crippen MR) is 93.6 cm³/mol. The van der Waals surface area contributed by atoms with Crippen LogP contribution in [-0.4, -0.2) is 18.1 Å². The number of rotatable bonds is 7. The molecule has 130 valence electrons. The Bertz CT molecular complexity index is 762. The first kappa shape index (κ1) is 18.5. The molecule has 0 saturated carbocycles. The second kappa shape index (κ2) is 8.89. The van der Waals surface area contributed by atoms with E-state index < -0.39 is 6.61 Å². The van der Waals surface area contributed by atoms with Crippen LogP contribution in [0.3, 0.4) is 0 Å². The van der Waals surface area contributed by atoms with Crippen molar-refractivity contribution < 1.29 is 23.2 Å². The van der Waals surface area contributed by atoms with Gasteiger partial charge in [-0.05, 0) is 23.5 Å². The zero-order valence-corrected chi connectivity index (χ0v) is 14.0. The molecule has 0 unspecified atom stereocenters. The van der Waals surface area contributed by atoms with Gasteiger partial charge < -0.3 is 15.2 Å². The molecule has 0 aliphatic heterocycles. The van der Waals surface area contributed by atoms with Crippen LogP contribution in [0.2, 0.25) is 0 Å². The lowest BCUT2D eigenvalue weighted by Gasteiger charge is -2.17. The first-order valence-electron chi connectivity index (χ1n) is 7.35. The summed E-state index contributed by atoms with van der Waals surface area (Å²) in [5.41, 5.74) is 0.552. The normalized spacial score (nSPS) is 11.6. The van der Waals surface area contributed by atoms with Crippen LogP contribution >= 0.6 is 12.2 Å². The number of hydrogen-bond acceptors (Lipinski definition) is 3. The number of halogens is 2. The molecule has 0 aliphatic carbocycles. The summed E-state index contributed by atoms with van der Waals surface area (Å²) in [6.07, 6.45) is 5.02. The number of hydrogen-bond donors (Lipinski definition) is 1. The number of pyridine rings is 1. The number of thiocarbonyl (C=S) groups is 1. The molecular formula is C18H16F2N2O2S. The van der Waals surface area contributed by atoms with E-state index in [1.807, 2.05) is 6.07 Å². The van der Waals surface area contributed by atoms with Crippen LogP contribution in [0.1, 0.15) is 5.56 Å². The van der Waals surface area contributed by atoms with E-state index in [0.717, 1.165) is 0 Å². The van der Waals surface area contributed by atoms with Crippen LogP contribution in [-0.2, 0) is 0 Å². The third-order valence-corrected chi connectivity index (χ3v) is 3.49. The Kier molecular flexibility index (Phi) is 6.59.